The average molecular weight is 407 g/mol. The quantitative estimate of drug-likeness (QED) is 0.568. The number of hydrogen-bond acceptors (Lipinski definition) is 2. The minimum Gasteiger partial charge on any atom is -0.358 e. The molecule has 6 heteroatoms. The van der Waals surface area contributed by atoms with Crippen LogP contribution >= 0.6 is 34.8 Å². The molecule has 4 rings (SSSR count). The lowest BCUT2D eigenvalue weighted by Crippen LogP contribution is -2.34. The molecular weight excluding hydrogens is 393 g/mol. The third-order valence-electron chi connectivity index (χ3n) is 5.10. The van der Waals surface area contributed by atoms with E-state index in [1.54, 1.807) is 30.3 Å². The number of carbonyl (C=O) groups is 1. The maximum atomic E-state index is 13.0. The molecule has 26 heavy (non-hydrogen) atoms. The fourth-order valence-corrected chi connectivity index (χ4v) is 4.16. The van der Waals surface area contributed by atoms with Gasteiger partial charge in [0, 0.05) is 27.5 Å². The van der Waals surface area contributed by atoms with Crippen molar-refractivity contribution in [1.29, 1.82) is 0 Å². The largest absolute Gasteiger partial charge is 0.358 e. The van der Waals surface area contributed by atoms with Crippen LogP contribution in [0.5, 0.6) is 0 Å². The molecule has 0 radical (unpaired) electrons. The number of hydrogen-bond donors (Lipinski definition) is 1. The zero-order valence-corrected chi connectivity index (χ0v) is 16.0. The standard InChI is InChI=1S/C20H14Cl3NO2/c1-9-12(10-2-4-14(22)15(23)6-10)8-17-18(19(9)25)20(26)13-7-11(21)3-5-16(13)24-17/h2-7,9,12H,8H2,1H3,(H,24,26). The van der Waals surface area contributed by atoms with Gasteiger partial charge in [0.15, 0.2) is 5.78 Å². The van der Waals surface area contributed by atoms with Crippen LogP contribution in [0.4, 0.5) is 0 Å². The molecule has 1 aliphatic carbocycles. The number of carbonyl (C=O) groups excluding carboxylic acids is 1. The van der Waals surface area contributed by atoms with Gasteiger partial charge in [-0.3, -0.25) is 9.59 Å². The Balaban J connectivity index is 1.89. The molecule has 3 nitrogen and oxygen atoms in total. The van der Waals surface area contributed by atoms with Crippen LogP contribution in [0.25, 0.3) is 10.9 Å². The van der Waals surface area contributed by atoms with Crippen molar-refractivity contribution in [2.24, 2.45) is 5.92 Å². The smallest absolute Gasteiger partial charge is 0.200 e. The van der Waals surface area contributed by atoms with Crippen LogP contribution in [-0.2, 0) is 6.42 Å². The molecular formula is C20H14Cl3NO2. The molecule has 2 atom stereocenters. The lowest BCUT2D eigenvalue weighted by atomic mass is 9.74. The molecule has 0 aliphatic heterocycles. The number of rotatable bonds is 1. The van der Waals surface area contributed by atoms with Crippen LogP contribution in [0, 0.1) is 5.92 Å². The van der Waals surface area contributed by atoms with E-state index in [0.29, 0.717) is 38.1 Å². The van der Waals surface area contributed by atoms with Crippen LogP contribution in [-0.4, -0.2) is 10.8 Å². The summed E-state index contributed by atoms with van der Waals surface area (Å²) < 4.78 is 0. The van der Waals surface area contributed by atoms with Gasteiger partial charge in [0.2, 0.25) is 5.43 Å². The molecule has 3 aromatic rings. The summed E-state index contributed by atoms with van der Waals surface area (Å²) in [5.41, 5.74) is 2.24. The zero-order valence-electron chi connectivity index (χ0n) is 13.8. The van der Waals surface area contributed by atoms with Crippen LogP contribution in [0.2, 0.25) is 15.1 Å². The molecule has 1 aromatic heterocycles. The Bertz CT molecular complexity index is 1120. The summed E-state index contributed by atoms with van der Waals surface area (Å²) in [4.78, 5) is 29.1. The van der Waals surface area contributed by atoms with E-state index >= 15 is 0 Å². The van der Waals surface area contributed by atoms with E-state index in [4.69, 9.17) is 34.8 Å². The maximum Gasteiger partial charge on any atom is 0.200 e. The van der Waals surface area contributed by atoms with Crippen molar-refractivity contribution >= 4 is 51.5 Å². The van der Waals surface area contributed by atoms with Crippen molar-refractivity contribution in [3.63, 3.8) is 0 Å². The fourth-order valence-electron chi connectivity index (χ4n) is 3.68. The van der Waals surface area contributed by atoms with Gasteiger partial charge < -0.3 is 4.98 Å². The number of Topliss-reactive ketones (excluding diaryl/α,β-unsaturated/α-hetero) is 1. The molecule has 2 unspecified atom stereocenters. The van der Waals surface area contributed by atoms with Gasteiger partial charge in [0.25, 0.3) is 0 Å². The van der Waals surface area contributed by atoms with Crippen LogP contribution in [0.1, 0.15) is 34.5 Å². The first kappa shape index (κ1) is 17.6. The van der Waals surface area contributed by atoms with Gasteiger partial charge in [-0.15, -0.1) is 0 Å². The predicted molar refractivity (Wildman–Crippen MR) is 106 cm³/mol. The summed E-state index contributed by atoms with van der Waals surface area (Å²) in [5.74, 6) is -0.576. The van der Waals surface area contributed by atoms with E-state index in [-0.39, 0.29) is 28.6 Å². The summed E-state index contributed by atoms with van der Waals surface area (Å²) in [6.45, 7) is 1.85. The van der Waals surface area contributed by atoms with Gasteiger partial charge in [-0.25, -0.2) is 0 Å². The zero-order chi connectivity index (χ0) is 18.6. The Morgan fingerprint density at radius 1 is 1.00 bits per heavy atom. The number of benzene rings is 2. The van der Waals surface area contributed by atoms with Gasteiger partial charge >= 0.3 is 0 Å². The van der Waals surface area contributed by atoms with Crippen molar-refractivity contribution in [2.45, 2.75) is 19.3 Å². The molecule has 132 valence electrons. The third-order valence-corrected chi connectivity index (χ3v) is 6.07. The molecule has 1 aliphatic rings. The van der Waals surface area contributed by atoms with Crippen molar-refractivity contribution in [2.75, 3.05) is 0 Å². The number of aromatic amines is 1. The number of ketones is 1. The highest BCUT2D eigenvalue weighted by Crippen LogP contribution is 2.38. The summed E-state index contributed by atoms with van der Waals surface area (Å²) >= 11 is 18.2. The number of halogens is 3. The third kappa shape index (κ3) is 2.75. The minimum atomic E-state index is -0.336. The number of fused-ring (bicyclic) bond motifs is 2. The minimum absolute atomic E-state index is 0.0785. The number of nitrogens with one attached hydrogen (secondary N) is 1. The van der Waals surface area contributed by atoms with Crippen LogP contribution in [0.15, 0.2) is 41.2 Å². The Kier molecular flexibility index (Phi) is 4.34. The number of pyridine rings is 1. The summed E-state index contributed by atoms with van der Waals surface area (Å²) in [6, 6.07) is 10.5. The molecule has 0 bridgehead atoms. The Morgan fingerprint density at radius 3 is 2.50 bits per heavy atom. The van der Waals surface area contributed by atoms with Gasteiger partial charge in [0.05, 0.1) is 15.6 Å². The van der Waals surface area contributed by atoms with Gasteiger partial charge in [-0.2, -0.15) is 0 Å². The second-order valence-electron chi connectivity index (χ2n) is 6.63. The monoisotopic (exact) mass is 405 g/mol. The lowest BCUT2D eigenvalue weighted by molar-refractivity contribution is 0.0896. The highest BCUT2D eigenvalue weighted by Gasteiger charge is 2.36. The highest BCUT2D eigenvalue weighted by atomic mass is 35.5. The first-order valence-electron chi connectivity index (χ1n) is 8.20. The molecule has 0 spiro atoms. The maximum absolute atomic E-state index is 13.0. The van der Waals surface area contributed by atoms with Crippen molar-refractivity contribution in [1.82, 2.24) is 4.98 Å². The first-order valence-corrected chi connectivity index (χ1v) is 9.33. The van der Waals surface area contributed by atoms with Crippen molar-refractivity contribution < 1.29 is 4.79 Å². The molecule has 0 saturated heterocycles. The van der Waals surface area contributed by atoms with E-state index in [9.17, 15) is 9.59 Å². The highest BCUT2D eigenvalue weighted by molar-refractivity contribution is 6.42. The molecule has 2 aromatic carbocycles. The fraction of sp³-hybridized carbons (Fsp3) is 0.200. The Labute approximate surface area is 164 Å². The van der Waals surface area contributed by atoms with Crippen LogP contribution in [0.3, 0.4) is 0 Å². The summed E-state index contributed by atoms with van der Waals surface area (Å²) in [6.07, 6.45) is 0.550. The van der Waals surface area contributed by atoms with E-state index in [0.717, 1.165) is 5.56 Å². The molecule has 0 fully saturated rings. The number of aromatic nitrogens is 1. The molecule has 1 heterocycles. The van der Waals surface area contributed by atoms with Crippen molar-refractivity contribution in [3.8, 4) is 0 Å². The molecule has 0 saturated carbocycles. The van der Waals surface area contributed by atoms with Gasteiger partial charge in [-0.05, 0) is 48.2 Å². The lowest BCUT2D eigenvalue weighted by Gasteiger charge is -2.30. The summed E-state index contributed by atoms with van der Waals surface area (Å²) in [7, 11) is 0. The van der Waals surface area contributed by atoms with E-state index in [2.05, 4.69) is 4.98 Å². The van der Waals surface area contributed by atoms with E-state index in [1.807, 2.05) is 13.0 Å². The van der Waals surface area contributed by atoms with Crippen LogP contribution < -0.4 is 5.43 Å². The second kappa shape index (κ2) is 6.41. The van der Waals surface area contributed by atoms with E-state index < -0.39 is 0 Å². The summed E-state index contributed by atoms with van der Waals surface area (Å²) in [5, 5.41) is 1.83. The van der Waals surface area contributed by atoms with Crippen molar-refractivity contribution in [3.05, 3.63) is 78.5 Å². The first-order chi connectivity index (χ1) is 12.4. The predicted octanol–water partition coefficient (Wildman–Crippen LogP) is 5.65. The average Bonchev–Trinajstić information content (AvgIpc) is 2.61. The molecule has 1 N–H and O–H groups in total. The van der Waals surface area contributed by atoms with Gasteiger partial charge in [0.1, 0.15) is 0 Å². The second-order valence-corrected chi connectivity index (χ2v) is 7.89. The SMILES string of the molecule is CC1C(=O)c2c([nH]c3ccc(Cl)cc3c2=O)CC1c1ccc(Cl)c(Cl)c1. The Morgan fingerprint density at radius 2 is 1.77 bits per heavy atom. The molecule has 0 amide bonds. The normalized spacial score (nSPS) is 19.6. The Hall–Kier alpha value is -1.81. The number of H-pyrrole nitrogens is 1. The van der Waals surface area contributed by atoms with Gasteiger partial charge in [-0.1, -0.05) is 47.8 Å². The van der Waals surface area contributed by atoms with E-state index in [1.165, 1.54) is 0 Å². The topological polar surface area (TPSA) is 49.9 Å².